The standard InChI is InChI=1S/C13H22ClN3/c1-4-17(9-5-8-16(2)3)13-11-15-7-6-12(13)10-14/h6-7,11H,4-5,8-10H2,1-3H3. The van der Waals surface area contributed by atoms with Crippen LogP contribution in [-0.2, 0) is 5.88 Å². The first-order valence-electron chi connectivity index (χ1n) is 6.07. The molecular weight excluding hydrogens is 234 g/mol. The highest BCUT2D eigenvalue weighted by Crippen LogP contribution is 2.20. The van der Waals surface area contributed by atoms with E-state index >= 15 is 0 Å². The van der Waals surface area contributed by atoms with E-state index in [2.05, 4.69) is 35.8 Å². The lowest BCUT2D eigenvalue weighted by molar-refractivity contribution is 0.400. The number of hydrogen-bond acceptors (Lipinski definition) is 3. The van der Waals surface area contributed by atoms with Crippen LogP contribution >= 0.6 is 11.6 Å². The zero-order chi connectivity index (χ0) is 12.7. The molecule has 0 aliphatic carbocycles. The topological polar surface area (TPSA) is 19.4 Å². The van der Waals surface area contributed by atoms with E-state index < -0.39 is 0 Å². The van der Waals surface area contributed by atoms with E-state index in [-0.39, 0.29) is 0 Å². The van der Waals surface area contributed by atoms with Crippen molar-refractivity contribution >= 4 is 17.3 Å². The van der Waals surface area contributed by atoms with Crippen LogP contribution in [0.2, 0.25) is 0 Å². The second kappa shape index (κ2) is 7.51. The summed E-state index contributed by atoms with van der Waals surface area (Å²) in [6.45, 7) is 5.31. The third kappa shape index (κ3) is 4.52. The predicted molar refractivity (Wildman–Crippen MR) is 74.9 cm³/mol. The van der Waals surface area contributed by atoms with Crippen molar-refractivity contribution in [2.45, 2.75) is 19.2 Å². The first kappa shape index (κ1) is 14.3. The molecule has 0 N–H and O–H groups in total. The van der Waals surface area contributed by atoms with Gasteiger partial charge >= 0.3 is 0 Å². The van der Waals surface area contributed by atoms with Gasteiger partial charge in [0.05, 0.1) is 11.9 Å². The Balaban J connectivity index is 2.65. The van der Waals surface area contributed by atoms with Crippen molar-refractivity contribution in [1.29, 1.82) is 0 Å². The van der Waals surface area contributed by atoms with Crippen LogP contribution in [0.3, 0.4) is 0 Å². The van der Waals surface area contributed by atoms with Crippen molar-refractivity contribution in [3.05, 3.63) is 24.0 Å². The SMILES string of the molecule is CCN(CCCN(C)C)c1cnccc1CCl. The van der Waals surface area contributed by atoms with E-state index in [0.29, 0.717) is 5.88 Å². The Morgan fingerprint density at radius 3 is 2.65 bits per heavy atom. The van der Waals surface area contributed by atoms with Crippen molar-refractivity contribution in [1.82, 2.24) is 9.88 Å². The van der Waals surface area contributed by atoms with Crippen LogP contribution in [0.15, 0.2) is 18.5 Å². The summed E-state index contributed by atoms with van der Waals surface area (Å²) < 4.78 is 0. The van der Waals surface area contributed by atoms with E-state index in [1.807, 2.05) is 12.3 Å². The smallest absolute Gasteiger partial charge is 0.0597 e. The molecule has 0 aromatic carbocycles. The van der Waals surface area contributed by atoms with Gasteiger partial charge in [-0.25, -0.2) is 0 Å². The summed E-state index contributed by atoms with van der Waals surface area (Å²) in [6.07, 6.45) is 4.86. The second-order valence-corrected chi connectivity index (χ2v) is 4.64. The highest BCUT2D eigenvalue weighted by Gasteiger charge is 2.08. The zero-order valence-corrected chi connectivity index (χ0v) is 11.7. The summed E-state index contributed by atoms with van der Waals surface area (Å²) in [5.74, 6) is 0.544. The molecule has 0 saturated carbocycles. The van der Waals surface area contributed by atoms with Crippen LogP contribution in [0.4, 0.5) is 5.69 Å². The average molecular weight is 256 g/mol. The molecule has 0 radical (unpaired) electrons. The third-order valence-electron chi connectivity index (χ3n) is 2.79. The number of rotatable bonds is 7. The van der Waals surface area contributed by atoms with Crippen LogP contribution in [0.1, 0.15) is 18.9 Å². The molecule has 1 aromatic heterocycles. The Bertz CT molecular complexity index is 328. The molecule has 0 fully saturated rings. The minimum atomic E-state index is 0.544. The second-order valence-electron chi connectivity index (χ2n) is 4.37. The van der Waals surface area contributed by atoms with Gasteiger partial charge in [0.2, 0.25) is 0 Å². The summed E-state index contributed by atoms with van der Waals surface area (Å²) in [6, 6.07) is 2.00. The van der Waals surface area contributed by atoms with E-state index in [1.165, 1.54) is 5.69 Å². The molecule has 0 spiro atoms. The third-order valence-corrected chi connectivity index (χ3v) is 3.08. The molecular formula is C13H22ClN3. The zero-order valence-electron chi connectivity index (χ0n) is 11.0. The molecule has 3 nitrogen and oxygen atoms in total. The molecule has 96 valence electrons. The van der Waals surface area contributed by atoms with Crippen LogP contribution in [-0.4, -0.2) is 43.6 Å². The van der Waals surface area contributed by atoms with E-state index in [1.54, 1.807) is 6.20 Å². The first-order chi connectivity index (χ1) is 8.19. The fourth-order valence-corrected chi connectivity index (χ4v) is 2.07. The van der Waals surface area contributed by atoms with Gasteiger partial charge in [0, 0.05) is 25.2 Å². The molecule has 1 rings (SSSR count). The van der Waals surface area contributed by atoms with Crippen molar-refractivity contribution in [2.24, 2.45) is 0 Å². The summed E-state index contributed by atoms with van der Waals surface area (Å²) in [5.41, 5.74) is 2.33. The number of aromatic nitrogens is 1. The molecule has 0 unspecified atom stereocenters. The number of nitrogens with zero attached hydrogens (tertiary/aromatic N) is 3. The van der Waals surface area contributed by atoms with Gasteiger partial charge in [0.15, 0.2) is 0 Å². The van der Waals surface area contributed by atoms with Crippen molar-refractivity contribution in [3.8, 4) is 0 Å². The molecule has 1 heterocycles. The van der Waals surface area contributed by atoms with Crippen LogP contribution in [0.25, 0.3) is 0 Å². The maximum Gasteiger partial charge on any atom is 0.0597 e. The van der Waals surface area contributed by atoms with Gasteiger partial charge < -0.3 is 9.80 Å². The lowest BCUT2D eigenvalue weighted by Gasteiger charge is -2.25. The Labute approximate surface area is 109 Å². The highest BCUT2D eigenvalue weighted by molar-refractivity contribution is 6.17. The molecule has 4 heteroatoms. The van der Waals surface area contributed by atoms with Crippen LogP contribution in [0, 0.1) is 0 Å². The van der Waals surface area contributed by atoms with Gasteiger partial charge in [-0.05, 0) is 45.6 Å². The average Bonchev–Trinajstić information content (AvgIpc) is 2.34. The van der Waals surface area contributed by atoms with Gasteiger partial charge in [-0.2, -0.15) is 0 Å². The molecule has 0 aliphatic heterocycles. The van der Waals surface area contributed by atoms with Crippen molar-refractivity contribution in [3.63, 3.8) is 0 Å². The van der Waals surface area contributed by atoms with Crippen molar-refractivity contribution < 1.29 is 0 Å². The summed E-state index contributed by atoms with van der Waals surface area (Å²) >= 11 is 5.95. The number of anilines is 1. The Kier molecular flexibility index (Phi) is 6.30. The fraction of sp³-hybridized carbons (Fsp3) is 0.615. The molecule has 17 heavy (non-hydrogen) atoms. The number of halogens is 1. The Morgan fingerprint density at radius 1 is 1.29 bits per heavy atom. The van der Waals surface area contributed by atoms with Gasteiger partial charge in [0.25, 0.3) is 0 Å². The van der Waals surface area contributed by atoms with Gasteiger partial charge in [-0.15, -0.1) is 11.6 Å². The molecule has 1 aromatic rings. The minimum Gasteiger partial charge on any atom is -0.370 e. The highest BCUT2D eigenvalue weighted by atomic mass is 35.5. The molecule has 0 atom stereocenters. The summed E-state index contributed by atoms with van der Waals surface area (Å²) in [7, 11) is 4.20. The maximum absolute atomic E-state index is 5.95. The molecule has 0 bridgehead atoms. The lowest BCUT2D eigenvalue weighted by atomic mass is 10.2. The van der Waals surface area contributed by atoms with Crippen LogP contribution in [0.5, 0.6) is 0 Å². The maximum atomic E-state index is 5.95. The largest absolute Gasteiger partial charge is 0.370 e. The monoisotopic (exact) mass is 255 g/mol. The quantitative estimate of drug-likeness (QED) is 0.699. The molecule has 0 saturated heterocycles. The number of alkyl halides is 1. The summed E-state index contributed by atoms with van der Waals surface area (Å²) in [4.78, 5) is 8.74. The number of pyridine rings is 1. The van der Waals surface area contributed by atoms with Crippen molar-refractivity contribution in [2.75, 3.05) is 38.6 Å². The van der Waals surface area contributed by atoms with Crippen LogP contribution < -0.4 is 4.90 Å². The minimum absolute atomic E-state index is 0.544. The molecule has 0 aliphatic rings. The van der Waals surface area contributed by atoms with Gasteiger partial charge in [-0.1, -0.05) is 0 Å². The lowest BCUT2D eigenvalue weighted by Crippen LogP contribution is -2.27. The van der Waals surface area contributed by atoms with Gasteiger partial charge in [-0.3, -0.25) is 4.98 Å². The Morgan fingerprint density at radius 2 is 2.06 bits per heavy atom. The van der Waals surface area contributed by atoms with E-state index in [9.17, 15) is 0 Å². The number of hydrogen-bond donors (Lipinski definition) is 0. The van der Waals surface area contributed by atoms with E-state index in [0.717, 1.165) is 31.6 Å². The first-order valence-corrected chi connectivity index (χ1v) is 6.61. The fourth-order valence-electron chi connectivity index (χ4n) is 1.84. The Hall–Kier alpha value is -0.800. The predicted octanol–water partition coefficient (Wildman–Crippen LogP) is 2.60. The summed E-state index contributed by atoms with van der Waals surface area (Å²) in [5, 5.41) is 0. The van der Waals surface area contributed by atoms with Gasteiger partial charge in [0.1, 0.15) is 0 Å². The van der Waals surface area contributed by atoms with E-state index in [4.69, 9.17) is 11.6 Å². The molecule has 0 amide bonds. The normalized spacial score (nSPS) is 10.9.